The standard InChI is InChI=1S/C26H21ClN4O2/c27-19-6-8-25-23(14-19)31-22(20-3-1-2-4-24(20)33-25)13-18-5-7-21(29-16-18)26(32)30-15-17-9-11-28-12-10-17/h1-12,14,16,22,31H,13,15H2,(H,30,32). The smallest absolute Gasteiger partial charge is 0.270 e. The van der Waals surface area contributed by atoms with Gasteiger partial charge in [-0.3, -0.25) is 14.8 Å². The zero-order valence-electron chi connectivity index (χ0n) is 17.7. The van der Waals surface area contributed by atoms with E-state index in [9.17, 15) is 4.79 Å². The molecule has 0 aliphatic carbocycles. The van der Waals surface area contributed by atoms with Crippen LogP contribution >= 0.6 is 11.6 Å². The van der Waals surface area contributed by atoms with Crippen molar-refractivity contribution in [2.24, 2.45) is 0 Å². The Labute approximate surface area is 196 Å². The van der Waals surface area contributed by atoms with Crippen LogP contribution in [-0.2, 0) is 13.0 Å². The molecule has 5 rings (SSSR count). The van der Waals surface area contributed by atoms with Gasteiger partial charge < -0.3 is 15.4 Å². The van der Waals surface area contributed by atoms with Crippen molar-refractivity contribution in [1.29, 1.82) is 0 Å². The molecule has 1 unspecified atom stereocenters. The molecular formula is C26H21ClN4O2. The fourth-order valence-corrected chi connectivity index (χ4v) is 3.97. The minimum absolute atomic E-state index is 0.0471. The van der Waals surface area contributed by atoms with Gasteiger partial charge in [0.1, 0.15) is 11.4 Å². The molecule has 3 heterocycles. The van der Waals surface area contributed by atoms with Gasteiger partial charge in [-0.25, -0.2) is 0 Å². The van der Waals surface area contributed by atoms with Crippen LogP contribution in [0.3, 0.4) is 0 Å². The lowest BCUT2D eigenvalue weighted by atomic mass is 9.98. The number of nitrogens with one attached hydrogen (secondary N) is 2. The molecule has 0 fully saturated rings. The number of anilines is 1. The predicted octanol–water partition coefficient (Wildman–Crippen LogP) is 5.56. The third kappa shape index (κ3) is 4.81. The third-order valence-electron chi connectivity index (χ3n) is 5.49. The van der Waals surface area contributed by atoms with E-state index in [0.29, 0.717) is 23.7 Å². The van der Waals surface area contributed by atoms with Crippen molar-refractivity contribution >= 4 is 23.2 Å². The summed E-state index contributed by atoms with van der Waals surface area (Å²) >= 11 is 6.21. The maximum atomic E-state index is 12.5. The fraction of sp³-hybridized carbons (Fsp3) is 0.115. The van der Waals surface area contributed by atoms with Gasteiger partial charge in [0.25, 0.3) is 5.91 Å². The van der Waals surface area contributed by atoms with E-state index in [1.165, 1.54) is 0 Å². The molecule has 0 saturated carbocycles. The number of hydrogen-bond donors (Lipinski definition) is 2. The van der Waals surface area contributed by atoms with Gasteiger partial charge in [0.2, 0.25) is 0 Å². The number of fused-ring (bicyclic) bond motifs is 2. The molecule has 4 aromatic rings. The molecule has 1 aliphatic heterocycles. The number of hydrogen-bond acceptors (Lipinski definition) is 5. The van der Waals surface area contributed by atoms with Crippen molar-refractivity contribution in [3.05, 3.63) is 113 Å². The summed E-state index contributed by atoms with van der Waals surface area (Å²) < 4.78 is 6.15. The molecule has 0 radical (unpaired) electrons. The van der Waals surface area contributed by atoms with Crippen LogP contribution in [0, 0.1) is 0 Å². The second kappa shape index (κ2) is 9.30. The highest BCUT2D eigenvalue weighted by Gasteiger charge is 2.23. The van der Waals surface area contributed by atoms with Crippen LogP contribution in [0.25, 0.3) is 0 Å². The number of ether oxygens (including phenoxy) is 1. The molecule has 2 aromatic carbocycles. The summed E-state index contributed by atoms with van der Waals surface area (Å²) in [5.41, 5.74) is 4.24. The maximum absolute atomic E-state index is 12.5. The van der Waals surface area contributed by atoms with Crippen LogP contribution in [0.4, 0.5) is 5.69 Å². The van der Waals surface area contributed by atoms with Gasteiger partial charge >= 0.3 is 0 Å². The van der Waals surface area contributed by atoms with Gasteiger partial charge in [-0.05, 0) is 60.0 Å². The van der Waals surface area contributed by atoms with Gasteiger partial charge in [0.05, 0.1) is 11.7 Å². The highest BCUT2D eigenvalue weighted by atomic mass is 35.5. The van der Waals surface area contributed by atoms with E-state index in [2.05, 4.69) is 26.7 Å². The number of para-hydroxylation sites is 1. The lowest BCUT2D eigenvalue weighted by Gasteiger charge is -2.19. The van der Waals surface area contributed by atoms with Gasteiger partial charge in [-0.2, -0.15) is 0 Å². The Morgan fingerprint density at radius 2 is 1.85 bits per heavy atom. The first-order chi connectivity index (χ1) is 16.2. The Morgan fingerprint density at radius 1 is 1.00 bits per heavy atom. The molecule has 2 N–H and O–H groups in total. The van der Waals surface area contributed by atoms with Crippen LogP contribution in [0.15, 0.2) is 85.3 Å². The minimum Gasteiger partial charge on any atom is -0.455 e. The van der Waals surface area contributed by atoms with Crippen LogP contribution in [0.2, 0.25) is 5.02 Å². The lowest BCUT2D eigenvalue weighted by molar-refractivity contribution is 0.0946. The summed E-state index contributed by atoms with van der Waals surface area (Å²) in [6.45, 7) is 0.426. The number of amides is 1. The summed E-state index contributed by atoms with van der Waals surface area (Å²) in [5.74, 6) is 1.32. The van der Waals surface area contributed by atoms with E-state index in [4.69, 9.17) is 16.3 Å². The molecule has 2 aromatic heterocycles. The normalized spacial score (nSPS) is 14.2. The molecule has 6 nitrogen and oxygen atoms in total. The highest BCUT2D eigenvalue weighted by Crippen LogP contribution is 2.41. The summed E-state index contributed by atoms with van der Waals surface area (Å²) in [7, 11) is 0. The van der Waals surface area contributed by atoms with Crippen molar-refractivity contribution < 1.29 is 9.53 Å². The largest absolute Gasteiger partial charge is 0.455 e. The number of carbonyl (C=O) groups is 1. The van der Waals surface area contributed by atoms with Crippen molar-refractivity contribution in [2.45, 2.75) is 19.0 Å². The van der Waals surface area contributed by atoms with E-state index in [1.807, 2.05) is 54.6 Å². The predicted molar refractivity (Wildman–Crippen MR) is 128 cm³/mol. The van der Waals surface area contributed by atoms with Gasteiger partial charge in [-0.15, -0.1) is 0 Å². The fourth-order valence-electron chi connectivity index (χ4n) is 3.80. The Hall–Kier alpha value is -3.90. The molecule has 1 atom stereocenters. The van der Waals surface area contributed by atoms with E-state index in [1.54, 1.807) is 24.7 Å². The number of rotatable bonds is 5. The number of benzene rings is 2. The maximum Gasteiger partial charge on any atom is 0.270 e. The summed E-state index contributed by atoms with van der Waals surface area (Å²) in [4.78, 5) is 20.8. The average molecular weight is 457 g/mol. The van der Waals surface area contributed by atoms with Crippen molar-refractivity contribution in [1.82, 2.24) is 15.3 Å². The molecule has 164 valence electrons. The SMILES string of the molecule is O=C(NCc1ccncc1)c1ccc(CC2Nc3cc(Cl)ccc3Oc3ccccc32)cn1. The van der Waals surface area contributed by atoms with Crippen molar-refractivity contribution in [2.75, 3.05) is 5.32 Å². The van der Waals surface area contributed by atoms with E-state index in [-0.39, 0.29) is 11.9 Å². The van der Waals surface area contributed by atoms with Crippen molar-refractivity contribution in [3.63, 3.8) is 0 Å². The topological polar surface area (TPSA) is 76.1 Å². The molecule has 1 aliphatic rings. The van der Waals surface area contributed by atoms with E-state index in [0.717, 1.165) is 33.9 Å². The summed E-state index contributed by atoms with van der Waals surface area (Å²) in [5, 5.41) is 7.08. The molecule has 0 spiro atoms. The quantitative estimate of drug-likeness (QED) is 0.411. The molecule has 0 saturated heterocycles. The highest BCUT2D eigenvalue weighted by molar-refractivity contribution is 6.30. The third-order valence-corrected chi connectivity index (χ3v) is 5.72. The molecule has 0 bridgehead atoms. The van der Waals surface area contributed by atoms with Crippen LogP contribution in [0.1, 0.15) is 33.2 Å². The number of halogens is 1. The Morgan fingerprint density at radius 3 is 2.67 bits per heavy atom. The number of pyridine rings is 2. The zero-order valence-corrected chi connectivity index (χ0v) is 18.4. The second-order valence-electron chi connectivity index (χ2n) is 7.77. The Balaban J connectivity index is 1.32. The summed E-state index contributed by atoms with van der Waals surface area (Å²) in [6.07, 6.45) is 5.81. The lowest BCUT2D eigenvalue weighted by Crippen LogP contribution is -2.23. The number of nitrogens with zero attached hydrogens (tertiary/aromatic N) is 2. The number of carbonyl (C=O) groups excluding carboxylic acids is 1. The first-order valence-electron chi connectivity index (χ1n) is 10.6. The van der Waals surface area contributed by atoms with E-state index < -0.39 is 0 Å². The Bertz CT molecular complexity index is 1280. The molecule has 7 heteroatoms. The average Bonchev–Trinajstić information content (AvgIpc) is 3.00. The van der Waals surface area contributed by atoms with E-state index >= 15 is 0 Å². The first-order valence-corrected chi connectivity index (χ1v) is 11.0. The Kier molecular flexibility index (Phi) is 5.91. The van der Waals surface area contributed by atoms with Crippen molar-refractivity contribution in [3.8, 4) is 11.5 Å². The van der Waals surface area contributed by atoms with Crippen LogP contribution < -0.4 is 15.4 Å². The number of aromatic nitrogens is 2. The van der Waals surface area contributed by atoms with Gasteiger partial charge in [-0.1, -0.05) is 35.9 Å². The summed E-state index contributed by atoms with van der Waals surface area (Å²) in [6, 6.07) is 20.9. The first kappa shape index (κ1) is 21.0. The van der Waals surface area contributed by atoms with Crippen LogP contribution in [0.5, 0.6) is 11.5 Å². The molecular weight excluding hydrogens is 436 g/mol. The van der Waals surface area contributed by atoms with Crippen LogP contribution in [-0.4, -0.2) is 15.9 Å². The monoisotopic (exact) mass is 456 g/mol. The molecule has 33 heavy (non-hydrogen) atoms. The van der Waals surface area contributed by atoms with Gasteiger partial charge in [0.15, 0.2) is 5.75 Å². The second-order valence-corrected chi connectivity index (χ2v) is 8.21. The zero-order chi connectivity index (χ0) is 22.6. The molecule has 1 amide bonds. The minimum atomic E-state index is -0.215. The van der Waals surface area contributed by atoms with Gasteiger partial charge in [0, 0.05) is 35.7 Å².